The Bertz CT molecular complexity index is 234. The molecule has 3 heteroatoms. The van der Waals surface area contributed by atoms with Crippen LogP contribution in [0.4, 0.5) is 0 Å². The molecule has 1 fully saturated rings. The Morgan fingerprint density at radius 3 is 3.00 bits per heavy atom. The van der Waals surface area contributed by atoms with E-state index in [-0.39, 0.29) is 0 Å². The standard InChI is InChI=1S/C8H11N3/c9-4-6-3-7(6)8-5-10-1-2-11-8/h1-2,5-7H,3-4,9H2/t6-,7+/m0/s1. The van der Waals surface area contributed by atoms with Gasteiger partial charge >= 0.3 is 0 Å². The molecule has 11 heavy (non-hydrogen) atoms. The van der Waals surface area contributed by atoms with Crippen LogP contribution in [0.1, 0.15) is 18.0 Å². The summed E-state index contributed by atoms with van der Waals surface area (Å²) in [7, 11) is 0. The van der Waals surface area contributed by atoms with Gasteiger partial charge in [-0.05, 0) is 18.9 Å². The Labute approximate surface area is 65.7 Å². The second-order valence-corrected chi connectivity index (χ2v) is 2.97. The van der Waals surface area contributed by atoms with Gasteiger partial charge in [-0.15, -0.1) is 0 Å². The zero-order chi connectivity index (χ0) is 7.68. The molecule has 2 atom stereocenters. The SMILES string of the molecule is NC[C@@H]1C[C@H]1c1cnccn1. The first-order valence-electron chi connectivity index (χ1n) is 3.88. The van der Waals surface area contributed by atoms with Crippen LogP contribution in [0.25, 0.3) is 0 Å². The molecule has 0 saturated heterocycles. The van der Waals surface area contributed by atoms with E-state index in [1.807, 2.05) is 6.20 Å². The second kappa shape index (κ2) is 2.58. The lowest BCUT2D eigenvalue weighted by Gasteiger charge is -1.94. The Morgan fingerprint density at radius 1 is 1.55 bits per heavy atom. The molecule has 1 aliphatic rings. The average Bonchev–Trinajstić information content (AvgIpc) is 2.85. The largest absolute Gasteiger partial charge is 0.330 e. The number of aromatic nitrogens is 2. The van der Waals surface area contributed by atoms with Crippen molar-refractivity contribution >= 4 is 0 Å². The van der Waals surface area contributed by atoms with E-state index in [2.05, 4.69) is 9.97 Å². The molecule has 0 aliphatic heterocycles. The number of hydrogen-bond donors (Lipinski definition) is 1. The van der Waals surface area contributed by atoms with Crippen molar-refractivity contribution < 1.29 is 0 Å². The van der Waals surface area contributed by atoms with Gasteiger partial charge in [0.25, 0.3) is 0 Å². The van der Waals surface area contributed by atoms with Gasteiger partial charge in [0, 0.05) is 24.5 Å². The van der Waals surface area contributed by atoms with Gasteiger partial charge in [-0.25, -0.2) is 0 Å². The van der Waals surface area contributed by atoms with Gasteiger partial charge < -0.3 is 5.73 Å². The molecule has 1 heterocycles. The van der Waals surface area contributed by atoms with Crippen molar-refractivity contribution in [3.05, 3.63) is 24.3 Å². The van der Waals surface area contributed by atoms with Gasteiger partial charge in [0.1, 0.15) is 0 Å². The summed E-state index contributed by atoms with van der Waals surface area (Å²) in [5.74, 6) is 1.25. The fraction of sp³-hybridized carbons (Fsp3) is 0.500. The maximum Gasteiger partial charge on any atom is 0.0620 e. The zero-order valence-corrected chi connectivity index (χ0v) is 6.27. The van der Waals surface area contributed by atoms with Crippen molar-refractivity contribution in [2.24, 2.45) is 11.7 Å². The molecule has 0 unspecified atom stereocenters. The van der Waals surface area contributed by atoms with Gasteiger partial charge in [0.2, 0.25) is 0 Å². The van der Waals surface area contributed by atoms with E-state index in [0.717, 1.165) is 12.2 Å². The van der Waals surface area contributed by atoms with Crippen LogP contribution < -0.4 is 5.73 Å². The Hall–Kier alpha value is -0.960. The van der Waals surface area contributed by atoms with E-state index < -0.39 is 0 Å². The summed E-state index contributed by atoms with van der Waals surface area (Å²) in [4.78, 5) is 8.23. The van der Waals surface area contributed by atoms with E-state index in [4.69, 9.17) is 5.73 Å². The van der Waals surface area contributed by atoms with Gasteiger partial charge in [-0.2, -0.15) is 0 Å². The third-order valence-electron chi connectivity index (χ3n) is 2.19. The van der Waals surface area contributed by atoms with Gasteiger partial charge in [0.15, 0.2) is 0 Å². The fourth-order valence-electron chi connectivity index (χ4n) is 1.37. The molecule has 1 aliphatic carbocycles. The summed E-state index contributed by atoms with van der Waals surface area (Å²) in [5.41, 5.74) is 6.61. The van der Waals surface area contributed by atoms with Gasteiger partial charge in [0.05, 0.1) is 5.69 Å². The van der Waals surface area contributed by atoms with E-state index in [9.17, 15) is 0 Å². The van der Waals surface area contributed by atoms with Crippen LogP contribution in [0.2, 0.25) is 0 Å². The molecule has 1 aromatic heterocycles. The summed E-state index contributed by atoms with van der Waals surface area (Å²) in [5, 5.41) is 0. The van der Waals surface area contributed by atoms with Gasteiger partial charge in [-0.3, -0.25) is 9.97 Å². The molecule has 0 spiro atoms. The molecule has 0 aromatic carbocycles. The third kappa shape index (κ3) is 1.24. The molecular formula is C8H11N3. The topological polar surface area (TPSA) is 51.8 Å². The summed E-state index contributed by atoms with van der Waals surface area (Å²) >= 11 is 0. The van der Waals surface area contributed by atoms with E-state index in [1.165, 1.54) is 6.42 Å². The number of rotatable bonds is 2. The lowest BCUT2D eigenvalue weighted by Crippen LogP contribution is -2.02. The summed E-state index contributed by atoms with van der Waals surface area (Å²) in [6, 6.07) is 0. The Balaban J connectivity index is 2.09. The Morgan fingerprint density at radius 2 is 2.45 bits per heavy atom. The molecule has 2 N–H and O–H groups in total. The van der Waals surface area contributed by atoms with E-state index in [1.54, 1.807) is 12.4 Å². The quantitative estimate of drug-likeness (QED) is 0.667. The summed E-state index contributed by atoms with van der Waals surface area (Å²) in [6.45, 7) is 0.779. The molecule has 2 rings (SSSR count). The van der Waals surface area contributed by atoms with Crippen LogP contribution in [0, 0.1) is 5.92 Å². The highest BCUT2D eigenvalue weighted by atomic mass is 14.8. The number of nitrogens with two attached hydrogens (primary N) is 1. The van der Waals surface area contributed by atoms with Crippen molar-refractivity contribution in [2.45, 2.75) is 12.3 Å². The van der Waals surface area contributed by atoms with Crippen molar-refractivity contribution in [2.75, 3.05) is 6.54 Å². The molecule has 0 amide bonds. The molecule has 1 aromatic rings. The number of hydrogen-bond acceptors (Lipinski definition) is 3. The minimum atomic E-state index is 0.591. The monoisotopic (exact) mass is 149 g/mol. The predicted molar refractivity (Wildman–Crippen MR) is 41.9 cm³/mol. The highest BCUT2D eigenvalue weighted by Crippen LogP contribution is 2.45. The third-order valence-corrected chi connectivity index (χ3v) is 2.19. The van der Waals surface area contributed by atoms with Crippen LogP contribution >= 0.6 is 0 Å². The average molecular weight is 149 g/mol. The van der Waals surface area contributed by atoms with Crippen molar-refractivity contribution in [1.29, 1.82) is 0 Å². The first-order valence-corrected chi connectivity index (χ1v) is 3.88. The minimum absolute atomic E-state index is 0.591. The Kier molecular flexibility index (Phi) is 1.58. The first kappa shape index (κ1) is 6.73. The minimum Gasteiger partial charge on any atom is -0.330 e. The lowest BCUT2D eigenvalue weighted by atomic mass is 10.2. The second-order valence-electron chi connectivity index (χ2n) is 2.97. The highest BCUT2D eigenvalue weighted by molar-refractivity contribution is 5.14. The number of nitrogens with zero attached hydrogens (tertiary/aromatic N) is 2. The van der Waals surface area contributed by atoms with Crippen LogP contribution in [0.3, 0.4) is 0 Å². The van der Waals surface area contributed by atoms with Crippen LogP contribution in [-0.4, -0.2) is 16.5 Å². The smallest absolute Gasteiger partial charge is 0.0620 e. The summed E-state index contributed by atoms with van der Waals surface area (Å²) in [6.07, 6.45) is 6.46. The molecular weight excluding hydrogens is 138 g/mol. The molecule has 0 bridgehead atoms. The van der Waals surface area contributed by atoms with Crippen molar-refractivity contribution in [3.8, 4) is 0 Å². The highest BCUT2D eigenvalue weighted by Gasteiger charge is 2.37. The lowest BCUT2D eigenvalue weighted by molar-refractivity contribution is 0.793. The van der Waals surface area contributed by atoms with E-state index >= 15 is 0 Å². The maximum atomic E-state index is 5.51. The van der Waals surface area contributed by atoms with Gasteiger partial charge in [-0.1, -0.05) is 0 Å². The van der Waals surface area contributed by atoms with Crippen molar-refractivity contribution in [1.82, 2.24) is 9.97 Å². The van der Waals surface area contributed by atoms with E-state index in [0.29, 0.717) is 11.8 Å². The molecule has 58 valence electrons. The zero-order valence-electron chi connectivity index (χ0n) is 6.27. The van der Waals surface area contributed by atoms with Crippen molar-refractivity contribution in [3.63, 3.8) is 0 Å². The molecule has 3 nitrogen and oxygen atoms in total. The van der Waals surface area contributed by atoms with Crippen LogP contribution in [0.5, 0.6) is 0 Å². The fourth-order valence-corrected chi connectivity index (χ4v) is 1.37. The summed E-state index contributed by atoms with van der Waals surface area (Å²) < 4.78 is 0. The molecule has 1 saturated carbocycles. The maximum absolute atomic E-state index is 5.51. The van der Waals surface area contributed by atoms with Crippen LogP contribution in [-0.2, 0) is 0 Å². The van der Waals surface area contributed by atoms with Crippen LogP contribution in [0.15, 0.2) is 18.6 Å². The molecule has 0 radical (unpaired) electrons. The normalized spacial score (nSPS) is 28.5. The first-order chi connectivity index (χ1) is 5.42. The predicted octanol–water partition coefficient (Wildman–Crippen LogP) is 0.539.